The van der Waals surface area contributed by atoms with Gasteiger partial charge in [0.1, 0.15) is 10.9 Å². The van der Waals surface area contributed by atoms with E-state index in [9.17, 15) is 14.4 Å². The van der Waals surface area contributed by atoms with Gasteiger partial charge in [-0.1, -0.05) is 6.92 Å². The van der Waals surface area contributed by atoms with Crippen LogP contribution in [0.25, 0.3) is 16.8 Å². The molecule has 0 aromatic carbocycles. The summed E-state index contributed by atoms with van der Waals surface area (Å²) in [6.07, 6.45) is 6.50. The average Bonchev–Trinajstić information content (AvgIpc) is 3.36. The molecule has 1 saturated heterocycles. The van der Waals surface area contributed by atoms with Crippen molar-refractivity contribution in [1.29, 1.82) is 5.26 Å². The summed E-state index contributed by atoms with van der Waals surface area (Å²) in [7, 11) is 0. The van der Waals surface area contributed by atoms with Gasteiger partial charge < -0.3 is 0 Å². The molecule has 2 atom stereocenters. The number of hydrogen-bond acceptors (Lipinski definition) is 5. The summed E-state index contributed by atoms with van der Waals surface area (Å²) in [6.45, 7) is 2.38. The summed E-state index contributed by atoms with van der Waals surface area (Å²) in [5.74, 6) is -0.335. The predicted octanol–water partition coefficient (Wildman–Crippen LogP) is 2.83. The monoisotopic (exact) mass is 376 g/mol. The molecule has 1 saturated carbocycles. The minimum absolute atomic E-state index is 0.0932. The molecule has 0 radical (unpaired) electrons. The Bertz CT molecular complexity index is 1150. The van der Waals surface area contributed by atoms with Crippen LogP contribution in [0.4, 0.5) is 10.2 Å². The maximum absolute atomic E-state index is 13.6. The molecule has 0 unspecified atom stereocenters. The number of aromatic nitrogens is 4. The molecule has 1 aliphatic carbocycles. The molecule has 0 bridgehead atoms. The molecule has 140 valence electrons. The van der Waals surface area contributed by atoms with Gasteiger partial charge in [-0.2, -0.15) is 14.8 Å². The Balaban J connectivity index is 1.66. The molecule has 7 nitrogen and oxygen atoms in total. The lowest BCUT2D eigenvalue weighted by Gasteiger charge is -2.23. The zero-order valence-corrected chi connectivity index (χ0v) is 15.2. The summed E-state index contributed by atoms with van der Waals surface area (Å²) >= 11 is 0. The molecule has 1 aliphatic heterocycles. The molecule has 2 fully saturated rings. The van der Waals surface area contributed by atoms with Gasteiger partial charge in [-0.25, -0.2) is 14.5 Å². The first kappa shape index (κ1) is 16.8. The number of hydrogen-bond donors (Lipinski definition) is 0. The number of nitriles is 1. The van der Waals surface area contributed by atoms with E-state index >= 15 is 0 Å². The molecule has 3 aromatic rings. The number of carbonyl (C=O) groups is 1. The summed E-state index contributed by atoms with van der Waals surface area (Å²) < 4.78 is 15.2. The van der Waals surface area contributed by atoms with Crippen LogP contribution < -0.4 is 4.90 Å². The van der Waals surface area contributed by atoms with Crippen LogP contribution in [0.15, 0.2) is 36.8 Å². The molecule has 5 rings (SSSR count). The first-order valence-corrected chi connectivity index (χ1v) is 9.24. The second-order valence-corrected chi connectivity index (χ2v) is 7.55. The van der Waals surface area contributed by atoms with Crippen molar-refractivity contribution in [2.45, 2.75) is 19.8 Å². The Morgan fingerprint density at radius 1 is 1.32 bits per heavy atom. The maximum Gasteiger partial charge on any atom is 0.249 e. The summed E-state index contributed by atoms with van der Waals surface area (Å²) in [5.41, 5.74) is 0.703. The van der Waals surface area contributed by atoms with Crippen LogP contribution >= 0.6 is 0 Å². The molecule has 0 spiro atoms. The predicted molar refractivity (Wildman–Crippen MR) is 98.5 cm³/mol. The van der Waals surface area contributed by atoms with Crippen LogP contribution in [0.1, 0.15) is 19.8 Å². The van der Waals surface area contributed by atoms with Crippen molar-refractivity contribution in [3.8, 4) is 17.3 Å². The first-order valence-electron chi connectivity index (χ1n) is 9.24. The fourth-order valence-corrected chi connectivity index (χ4v) is 4.29. The first-order chi connectivity index (χ1) is 13.5. The van der Waals surface area contributed by atoms with E-state index < -0.39 is 11.4 Å². The number of fused-ring (bicyclic) bond motifs is 1. The molecule has 8 heteroatoms. The minimum Gasteiger partial charge on any atom is -0.293 e. The van der Waals surface area contributed by atoms with Gasteiger partial charge in [-0.3, -0.25) is 9.69 Å². The fourth-order valence-electron chi connectivity index (χ4n) is 4.29. The van der Waals surface area contributed by atoms with Crippen LogP contribution in [-0.2, 0) is 4.79 Å². The minimum atomic E-state index is -0.989. The quantitative estimate of drug-likeness (QED) is 0.656. The summed E-state index contributed by atoms with van der Waals surface area (Å²) in [4.78, 5) is 23.2. The van der Waals surface area contributed by atoms with Crippen molar-refractivity contribution in [3.05, 3.63) is 42.7 Å². The normalized spacial score (nSPS) is 24.7. The van der Waals surface area contributed by atoms with Crippen molar-refractivity contribution in [2.24, 2.45) is 17.3 Å². The van der Waals surface area contributed by atoms with Crippen LogP contribution in [0, 0.1) is 34.5 Å². The SMILES string of the molecule is C[C@@H]1CN(c2nc(-c3ccnc(F)c3)cn3nccc23)C(=O)[C@]1(C#N)C1CC1. The lowest BCUT2D eigenvalue weighted by atomic mass is 9.75. The highest BCUT2D eigenvalue weighted by Gasteiger charge is 2.61. The Labute approximate surface area is 160 Å². The molecule has 0 N–H and O–H groups in total. The molecular weight excluding hydrogens is 359 g/mol. The lowest BCUT2D eigenvalue weighted by molar-refractivity contribution is -0.124. The van der Waals surface area contributed by atoms with Crippen LogP contribution in [0.3, 0.4) is 0 Å². The molecule has 28 heavy (non-hydrogen) atoms. The lowest BCUT2D eigenvalue weighted by Crippen LogP contribution is -2.37. The van der Waals surface area contributed by atoms with Crippen molar-refractivity contribution in [3.63, 3.8) is 0 Å². The number of carbonyl (C=O) groups excluding carboxylic acids is 1. The highest BCUT2D eigenvalue weighted by molar-refractivity contribution is 6.04. The van der Waals surface area contributed by atoms with Crippen LogP contribution in [0.5, 0.6) is 0 Å². The number of anilines is 1. The van der Waals surface area contributed by atoms with E-state index in [0.717, 1.165) is 12.8 Å². The standard InChI is InChI=1S/C20H17FN6O/c1-12-9-26(19(28)20(12,11-22)14-2-3-14)18-16-5-7-24-27(16)10-15(25-18)13-4-6-23-17(21)8-13/h4-8,10,12,14H,2-3,9H2,1H3/t12-,20+/m1/s1. The van der Waals surface area contributed by atoms with Gasteiger partial charge in [0.25, 0.3) is 0 Å². The second kappa shape index (κ2) is 5.83. The van der Waals surface area contributed by atoms with Crippen molar-refractivity contribution in [1.82, 2.24) is 19.6 Å². The van der Waals surface area contributed by atoms with E-state index in [0.29, 0.717) is 29.1 Å². The Kier molecular flexibility index (Phi) is 3.50. The number of pyridine rings is 1. The smallest absolute Gasteiger partial charge is 0.249 e. The number of rotatable bonds is 3. The van der Waals surface area contributed by atoms with E-state index in [1.807, 2.05) is 6.92 Å². The van der Waals surface area contributed by atoms with E-state index in [2.05, 4.69) is 21.1 Å². The van der Waals surface area contributed by atoms with Gasteiger partial charge in [0.2, 0.25) is 11.9 Å². The van der Waals surface area contributed by atoms with Gasteiger partial charge in [0.15, 0.2) is 5.82 Å². The van der Waals surface area contributed by atoms with E-state index in [1.54, 1.807) is 33.9 Å². The maximum atomic E-state index is 13.6. The van der Waals surface area contributed by atoms with Gasteiger partial charge in [-0.15, -0.1) is 0 Å². The molecular formula is C20H17FN6O. The third kappa shape index (κ3) is 2.26. The average molecular weight is 376 g/mol. The highest BCUT2D eigenvalue weighted by atomic mass is 19.1. The zero-order valence-electron chi connectivity index (χ0n) is 15.2. The van der Waals surface area contributed by atoms with Crippen molar-refractivity contribution >= 4 is 17.2 Å². The Hall–Kier alpha value is -3.34. The summed E-state index contributed by atoms with van der Waals surface area (Å²) in [6, 6.07) is 7.06. The number of halogens is 1. The van der Waals surface area contributed by atoms with E-state index in [1.165, 1.54) is 12.3 Å². The molecule has 4 heterocycles. The third-order valence-electron chi connectivity index (χ3n) is 5.89. The number of amides is 1. The van der Waals surface area contributed by atoms with Crippen molar-refractivity contribution < 1.29 is 9.18 Å². The largest absolute Gasteiger partial charge is 0.293 e. The van der Waals surface area contributed by atoms with Crippen molar-refractivity contribution in [2.75, 3.05) is 11.4 Å². The topological polar surface area (TPSA) is 87.2 Å². The Morgan fingerprint density at radius 2 is 2.14 bits per heavy atom. The van der Waals surface area contributed by atoms with Crippen LogP contribution in [-0.4, -0.2) is 32.0 Å². The van der Waals surface area contributed by atoms with Crippen LogP contribution in [0.2, 0.25) is 0 Å². The van der Waals surface area contributed by atoms with Gasteiger partial charge >= 0.3 is 0 Å². The molecule has 2 aliphatic rings. The third-order valence-corrected chi connectivity index (χ3v) is 5.89. The summed E-state index contributed by atoms with van der Waals surface area (Å²) in [5, 5.41) is 14.2. The second-order valence-electron chi connectivity index (χ2n) is 7.55. The molecule has 3 aromatic heterocycles. The van der Waals surface area contributed by atoms with Gasteiger partial charge in [0.05, 0.1) is 24.2 Å². The molecule has 1 amide bonds. The van der Waals surface area contributed by atoms with Gasteiger partial charge in [0, 0.05) is 30.3 Å². The van der Waals surface area contributed by atoms with E-state index in [4.69, 9.17) is 0 Å². The van der Waals surface area contributed by atoms with E-state index in [-0.39, 0.29) is 17.7 Å². The zero-order chi connectivity index (χ0) is 19.5. The number of nitrogens with zero attached hydrogens (tertiary/aromatic N) is 6. The fraction of sp³-hybridized carbons (Fsp3) is 0.350. The van der Waals surface area contributed by atoms with Gasteiger partial charge in [-0.05, 0) is 30.9 Å². The highest BCUT2D eigenvalue weighted by Crippen LogP contribution is 2.54. The Morgan fingerprint density at radius 3 is 2.86 bits per heavy atom.